The molecule has 2 aromatic rings. The summed E-state index contributed by atoms with van der Waals surface area (Å²) < 4.78 is 5.19. The molecular formula is C21H18N2O3S. The quantitative estimate of drug-likeness (QED) is 0.887. The zero-order valence-corrected chi connectivity index (χ0v) is 15.6. The molecule has 1 fully saturated rings. The Balaban J connectivity index is 1.78. The number of hydrogen-bond acceptors (Lipinski definition) is 5. The maximum Gasteiger partial charge on any atom is 0.231 e. The van der Waals surface area contributed by atoms with Gasteiger partial charge in [0.25, 0.3) is 0 Å². The van der Waals surface area contributed by atoms with Crippen molar-refractivity contribution in [3.05, 3.63) is 76.3 Å². The van der Waals surface area contributed by atoms with E-state index in [4.69, 9.17) is 4.74 Å². The van der Waals surface area contributed by atoms with Crippen molar-refractivity contribution >= 4 is 17.7 Å². The second-order valence-electron chi connectivity index (χ2n) is 6.56. The number of carbonyl (C=O) groups excluding carboxylic acids is 1. The van der Waals surface area contributed by atoms with Gasteiger partial charge in [-0.2, -0.15) is 5.26 Å². The van der Waals surface area contributed by atoms with Gasteiger partial charge in [-0.1, -0.05) is 42.5 Å². The van der Waals surface area contributed by atoms with Crippen LogP contribution in [0.2, 0.25) is 0 Å². The lowest BCUT2D eigenvalue weighted by atomic mass is 9.85. The van der Waals surface area contributed by atoms with Crippen LogP contribution in [0.5, 0.6) is 5.75 Å². The molecule has 2 heterocycles. The van der Waals surface area contributed by atoms with E-state index >= 15 is 0 Å². The van der Waals surface area contributed by atoms with E-state index in [-0.39, 0.29) is 18.2 Å². The van der Waals surface area contributed by atoms with Crippen molar-refractivity contribution in [1.29, 1.82) is 5.26 Å². The fourth-order valence-corrected chi connectivity index (χ4v) is 5.02. The molecule has 2 aromatic carbocycles. The molecule has 0 unspecified atom stereocenters. The first-order valence-electron chi connectivity index (χ1n) is 8.60. The third kappa shape index (κ3) is 2.80. The molecule has 27 heavy (non-hydrogen) atoms. The number of amides is 1. The van der Waals surface area contributed by atoms with E-state index in [9.17, 15) is 15.2 Å². The van der Waals surface area contributed by atoms with Crippen molar-refractivity contribution in [2.45, 2.75) is 18.1 Å². The van der Waals surface area contributed by atoms with Gasteiger partial charge < -0.3 is 9.84 Å². The highest BCUT2D eigenvalue weighted by atomic mass is 32.2. The van der Waals surface area contributed by atoms with Crippen LogP contribution in [0, 0.1) is 11.3 Å². The number of allylic oxidation sites excluding steroid dienone is 1. The molecule has 0 radical (unpaired) electrons. The summed E-state index contributed by atoms with van der Waals surface area (Å²) in [6, 6.07) is 18.8. The smallest absolute Gasteiger partial charge is 0.231 e. The average Bonchev–Trinajstić information content (AvgIpc) is 3.08. The molecule has 6 heteroatoms. The predicted octanol–water partition coefficient (Wildman–Crippen LogP) is 3.34. The molecule has 1 N–H and O–H groups in total. The highest BCUT2D eigenvalue weighted by molar-refractivity contribution is 8.03. The Morgan fingerprint density at radius 3 is 2.56 bits per heavy atom. The topological polar surface area (TPSA) is 73.6 Å². The maximum atomic E-state index is 13.0. The number of fused-ring (bicyclic) bond motifs is 1. The summed E-state index contributed by atoms with van der Waals surface area (Å²) in [5, 5.41) is 21.7. The summed E-state index contributed by atoms with van der Waals surface area (Å²) in [7, 11) is 1.60. The van der Waals surface area contributed by atoms with Crippen molar-refractivity contribution in [2.24, 2.45) is 0 Å². The van der Waals surface area contributed by atoms with E-state index in [0.717, 1.165) is 11.3 Å². The van der Waals surface area contributed by atoms with E-state index in [1.807, 2.05) is 42.5 Å². The number of nitrogens with zero attached hydrogens (tertiary/aromatic N) is 2. The molecule has 0 aromatic heterocycles. The van der Waals surface area contributed by atoms with Gasteiger partial charge in [0, 0.05) is 17.9 Å². The molecule has 5 nitrogen and oxygen atoms in total. The molecule has 0 aliphatic carbocycles. The molecule has 1 saturated heterocycles. The monoisotopic (exact) mass is 378 g/mol. The van der Waals surface area contributed by atoms with Gasteiger partial charge in [-0.15, -0.1) is 11.8 Å². The summed E-state index contributed by atoms with van der Waals surface area (Å²) in [4.78, 5) is 14.4. The second-order valence-corrected chi connectivity index (χ2v) is 7.53. The number of thioether (sulfide) groups is 1. The van der Waals surface area contributed by atoms with Gasteiger partial charge in [0.2, 0.25) is 5.91 Å². The van der Waals surface area contributed by atoms with E-state index in [2.05, 4.69) is 6.07 Å². The molecule has 2 aliphatic rings. The van der Waals surface area contributed by atoms with Crippen LogP contribution in [0.3, 0.4) is 0 Å². The Morgan fingerprint density at radius 2 is 1.93 bits per heavy atom. The van der Waals surface area contributed by atoms with Gasteiger partial charge in [-0.05, 0) is 17.7 Å². The first-order chi connectivity index (χ1) is 13.1. The Bertz CT molecular complexity index is 950. The summed E-state index contributed by atoms with van der Waals surface area (Å²) in [6.07, 6.45) is 0.147. The van der Waals surface area contributed by atoms with Crippen LogP contribution >= 0.6 is 11.8 Å². The number of aliphatic hydroxyl groups is 1. The number of benzene rings is 2. The number of ether oxygens (including phenoxy) is 1. The van der Waals surface area contributed by atoms with Gasteiger partial charge in [-0.3, -0.25) is 9.69 Å². The lowest BCUT2D eigenvalue weighted by Crippen LogP contribution is -2.48. The van der Waals surface area contributed by atoms with Gasteiger partial charge in [0.15, 0.2) is 5.72 Å². The van der Waals surface area contributed by atoms with Crippen LogP contribution in [0.4, 0.5) is 0 Å². The number of rotatable bonds is 3. The first-order valence-corrected chi connectivity index (χ1v) is 9.59. The van der Waals surface area contributed by atoms with Gasteiger partial charge >= 0.3 is 0 Å². The van der Waals surface area contributed by atoms with Crippen LogP contribution in [-0.2, 0) is 10.5 Å². The Hall–Kier alpha value is -2.75. The first kappa shape index (κ1) is 17.7. The molecule has 0 saturated carbocycles. The van der Waals surface area contributed by atoms with Gasteiger partial charge in [0.05, 0.1) is 29.5 Å². The van der Waals surface area contributed by atoms with Crippen molar-refractivity contribution in [3.8, 4) is 11.8 Å². The SMILES string of the molecule is COc1ccc([C@@H]2CC(=O)N3C(=C2C#N)SC[C@]3(O)c2ccccc2)cc1. The molecule has 0 bridgehead atoms. The predicted molar refractivity (Wildman–Crippen MR) is 103 cm³/mol. The molecular weight excluding hydrogens is 360 g/mol. The average molecular weight is 378 g/mol. The highest BCUT2D eigenvalue weighted by Gasteiger charge is 2.51. The zero-order chi connectivity index (χ0) is 19.0. The Labute approximate surface area is 161 Å². The third-order valence-electron chi connectivity index (χ3n) is 5.06. The lowest BCUT2D eigenvalue weighted by Gasteiger charge is -2.38. The van der Waals surface area contributed by atoms with Crippen LogP contribution in [0.1, 0.15) is 23.5 Å². The van der Waals surface area contributed by atoms with Crippen LogP contribution < -0.4 is 4.74 Å². The van der Waals surface area contributed by atoms with Gasteiger partial charge in [0.1, 0.15) is 5.75 Å². The lowest BCUT2D eigenvalue weighted by molar-refractivity contribution is -0.149. The normalized spacial score (nSPS) is 24.6. The summed E-state index contributed by atoms with van der Waals surface area (Å²) in [5.41, 5.74) is 0.645. The van der Waals surface area contributed by atoms with E-state index in [0.29, 0.717) is 21.9 Å². The van der Waals surface area contributed by atoms with Crippen molar-refractivity contribution in [1.82, 2.24) is 4.90 Å². The Morgan fingerprint density at radius 1 is 1.22 bits per heavy atom. The van der Waals surface area contributed by atoms with Crippen LogP contribution in [0.15, 0.2) is 65.2 Å². The van der Waals surface area contributed by atoms with Crippen LogP contribution in [-0.4, -0.2) is 28.8 Å². The molecule has 1 amide bonds. The number of methoxy groups -OCH3 is 1. The zero-order valence-electron chi connectivity index (χ0n) is 14.8. The molecule has 2 aliphatic heterocycles. The maximum absolute atomic E-state index is 13.0. The number of nitriles is 1. The molecule has 136 valence electrons. The van der Waals surface area contributed by atoms with E-state index in [1.165, 1.54) is 16.7 Å². The summed E-state index contributed by atoms with van der Waals surface area (Å²) >= 11 is 1.36. The number of hydrogen-bond donors (Lipinski definition) is 1. The van der Waals surface area contributed by atoms with Crippen molar-refractivity contribution < 1.29 is 14.6 Å². The fourth-order valence-electron chi connectivity index (χ4n) is 3.66. The summed E-state index contributed by atoms with van der Waals surface area (Å²) in [6.45, 7) is 0. The largest absolute Gasteiger partial charge is 0.497 e. The minimum atomic E-state index is -1.43. The minimum Gasteiger partial charge on any atom is -0.497 e. The molecule has 0 spiro atoms. The highest BCUT2D eigenvalue weighted by Crippen LogP contribution is 2.51. The number of carbonyl (C=O) groups is 1. The fraction of sp³-hybridized carbons (Fsp3) is 0.238. The molecule has 4 rings (SSSR count). The van der Waals surface area contributed by atoms with Crippen molar-refractivity contribution in [3.63, 3.8) is 0 Å². The third-order valence-corrected chi connectivity index (χ3v) is 6.29. The summed E-state index contributed by atoms with van der Waals surface area (Å²) in [5.74, 6) is 0.535. The second kappa shape index (κ2) is 6.76. The van der Waals surface area contributed by atoms with Crippen LogP contribution in [0.25, 0.3) is 0 Å². The van der Waals surface area contributed by atoms with Crippen molar-refractivity contribution in [2.75, 3.05) is 12.9 Å². The van der Waals surface area contributed by atoms with Gasteiger partial charge in [-0.25, -0.2) is 0 Å². The standard InChI is InChI=1S/C21H18N2O3S/c1-26-16-9-7-14(8-10-16)17-11-19(24)23-20(18(17)12-22)27-13-21(23,25)15-5-3-2-4-6-15/h2-10,17,25H,11,13H2,1H3/t17-,21-/m0/s1. The van der Waals surface area contributed by atoms with E-state index in [1.54, 1.807) is 19.2 Å². The molecule has 2 atom stereocenters. The van der Waals surface area contributed by atoms with E-state index < -0.39 is 5.72 Å². The Kier molecular flexibility index (Phi) is 4.42. The minimum absolute atomic E-state index is 0.147.